The van der Waals surface area contributed by atoms with Gasteiger partial charge in [0.2, 0.25) is 5.88 Å². The smallest absolute Gasteiger partial charge is 0.340 e. The third kappa shape index (κ3) is 3.32. The highest BCUT2D eigenvalue weighted by molar-refractivity contribution is 6.30. The summed E-state index contributed by atoms with van der Waals surface area (Å²) in [6.45, 7) is 2.03. The SMILES string of the molecule is CCCc1cc2c(c(=O)n1C)C(c1ccc(Cl)cc1)C(C(=O)OC)=C(N)O2. The first kappa shape index (κ1) is 19.0. The van der Waals surface area contributed by atoms with Crippen LogP contribution in [-0.4, -0.2) is 17.6 Å². The lowest BCUT2D eigenvalue weighted by Gasteiger charge is -2.28. The van der Waals surface area contributed by atoms with E-state index in [4.69, 9.17) is 26.8 Å². The summed E-state index contributed by atoms with van der Waals surface area (Å²) < 4.78 is 12.2. The van der Waals surface area contributed by atoms with Crippen LogP contribution in [0.3, 0.4) is 0 Å². The summed E-state index contributed by atoms with van der Waals surface area (Å²) >= 11 is 6.00. The standard InChI is InChI=1S/C20H21ClN2O4/c1-4-5-13-10-14-16(19(24)23(13)2)15(11-6-8-12(21)9-7-11)17(18(22)27-14)20(25)26-3/h6-10,15H,4-5,22H2,1-3H3. The molecule has 1 aromatic carbocycles. The fourth-order valence-electron chi connectivity index (χ4n) is 3.37. The van der Waals surface area contributed by atoms with Gasteiger partial charge >= 0.3 is 5.97 Å². The zero-order chi connectivity index (χ0) is 19.7. The van der Waals surface area contributed by atoms with Gasteiger partial charge in [-0.1, -0.05) is 37.1 Å². The van der Waals surface area contributed by atoms with Gasteiger partial charge in [-0.25, -0.2) is 4.79 Å². The van der Waals surface area contributed by atoms with Crippen molar-refractivity contribution in [1.29, 1.82) is 0 Å². The molecule has 6 nitrogen and oxygen atoms in total. The van der Waals surface area contributed by atoms with E-state index in [2.05, 4.69) is 0 Å². The molecule has 1 unspecified atom stereocenters. The summed E-state index contributed by atoms with van der Waals surface area (Å²) in [5.41, 5.74) is 7.83. The highest BCUT2D eigenvalue weighted by Gasteiger charge is 2.38. The monoisotopic (exact) mass is 388 g/mol. The maximum atomic E-state index is 13.2. The van der Waals surface area contributed by atoms with E-state index in [0.717, 1.165) is 18.5 Å². The largest absolute Gasteiger partial charge is 0.465 e. The molecule has 2 aromatic rings. The van der Waals surface area contributed by atoms with Crippen molar-refractivity contribution in [2.24, 2.45) is 12.8 Å². The Balaban J connectivity index is 2.30. The molecule has 0 saturated carbocycles. The van der Waals surface area contributed by atoms with Crippen LogP contribution in [0.4, 0.5) is 0 Å². The molecule has 0 saturated heterocycles. The van der Waals surface area contributed by atoms with Gasteiger partial charge in [0.05, 0.1) is 18.6 Å². The van der Waals surface area contributed by atoms with Crippen molar-refractivity contribution >= 4 is 17.6 Å². The first-order valence-electron chi connectivity index (χ1n) is 8.63. The van der Waals surface area contributed by atoms with Crippen molar-refractivity contribution in [2.75, 3.05) is 7.11 Å². The average Bonchev–Trinajstić information content (AvgIpc) is 2.65. The number of aryl methyl sites for hydroxylation is 1. The number of hydrogen-bond donors (Lipinski definition) is 1. The Kier molecular flexibility index (Phi) is 5.28. The zero-order valence-corrected chi connectivity index (χ0v) is 16.2. The van der Waals surface area contributed by atoms with Gasteiger partial charge in [-0.2, -0.15) is 0 Å². The first-order valence-corrected chi connectivity index (χ1v) is 9.00. The number of benzene rings is 1. The number of nitrogens with two attached hydrogens (primary N) is 1. The normalized spacial score (nSPS) is 15.9. The van der Waals surface area contributed by atoms with E-state index in [1.807, 2.05) is 13.0 Å². The van der Waals surface area contributed by atoms with Crippen molar-refractivity contribution in [3.05, 3.63) is 74.0 Å². The Bertz CT molecular complexity index is 977. The molecule has 7 heteroatoms. The Morgan fingerprint density at radius 3 is 2.59 bits per heavy atom. The van der Waals surface area contributed by atoms with Crippen molar-refractivity contribution in [3.8, 4) is 5.75 Å². The van der Waals surface area contributed by atoms with Crippen molar-refractivity contribution in [3.63, 3.8) is 0 Å². The molecule has 1 aliphatic heterocycles. The predicted molar refractivity (Wildman–Crippen MR) is 103 cm³/mol. The molecule has 0 fully saturated rings. The van der Waals surface area contributed by atoms with Gasteiger partial charge in [-0.3, -0.25) is 4.79 Å². The molecule has 0 radical (unpaired) electrons. The minimum atomic E-state index is -0.701. The number of aromatic nitrogens is 1. The molecule has 1 aliphatic rings. The molecule has 1 atom stereocenters. The van der Waals surface area contributed by atoms with Crippen molar-refractivity contribution in [2.45, 2.75) is 25.7 Å². The average molecular weight is 389 g/mol. The molecule has 142 valence electrons. The summed E-state index contributed by atoms with van der Waals surface area (Å²) in [6.07, 6.45) is 1.60. The summed E-state index contributed by atoms with van der Waals surface area (Å²) in [4.78, 5) is 25.6. The fourth-order valence-corrected chi connectivity index (χ4v) is 3.49. The predicted octanol–water partition coefficient (Wildman–Crippen LogP) is 2.86. The number of carbonyl (C=O) groups is 1. The highest BCUT2D eigenvalue weighted by Crippen LogP contribution is 2.41. The van der Waals surface area contributed by atoms with E-state index >= 15 is 0 Å². The minimum Gasteiger partial charge on any atom is -0.465 e. The maximum absolute atomic E-state index is 13.2. The summed E-state index contributed by atoms with van der Waals surface area (Å²) in [5.74, 6) is -1.04. The fraction of sp³-hybridized carbons (Fsp3) is 0.300. The quantitative estimate of drug-likeness (QED) is 0.814. The van der Waals surface area contributed by atoms with Crippen LogP contribution in [0.1, 0.15) is 36.1 Å². The number of ether oxygens (including phenoxy) is 2. The van der Waals surface area contributed by atoms with Crippen LogP contribution in [0.15, 0.2) is 46.6 Å². The Labute approximate surface area is 162 Å². The Morgan fingerprint density at radius 2 is 2.00 bits per heavy atom. The number of rotatable bonds is 4. The molecule has 0 spiro atoms. The first-order chi connectivity index (χ1) is 12.9. The highest BCUT2D eigenvalue weighted by atomic mass is 35.5. The number of esters is 1. The van der Waals surface area contributed by atoms with Gasteiger partial charge in [0.25, 0.3) is 5.56 Å². The number of fused-ring (bicyclic) bond motifs is 1. The molecular formula is C20H21ClN2O4. The number of nitrogens with zero attached hydrogens (tertiary/aromatic N) is 1. The van der Waals surface area contributed by atoms with Gasteiger partial charge < -0.3 is 19.8 Å². The van der Waals surface area contributed by atoms with Crippen molar-refractivity contribution < 1.29 is 14.3 Å². The summed E-state index contributed by atoms with van der Waals surface area (Å²) in [5, 5.41) is 0.550. The molecular weight excluding hydrogens is 368 g/mol. The second-order valence-corrected chi connectivity index (χ2v) is 6.82. The van der Waals surface area contributed by atoms with E-state index in [1.165, 1.54) is 7.11 Å². The Hall–Kier alpha value is -2.73. The van der Waals surface area contributed by atoms with Crippen LogP contribution in [-0.2, 0) is 23.0 Å². The van der Waals surface area contributed by atoms with Crippen LogP contribution in [0.2, 0.25) is 5.02 Å². The summed E-state index contributed by atoms with van der Waals surface area (Å²) in [6, 6.07) is 8.74. The molecule has 2 heterocycles. The molecule has 1 aromatic heterocycles. The van der Waals surface area contributed by atoms with Crippen molar-refractivity contribution in [1.82, 2.24) is 4.57 Å². The van der Waals surface area contributed by atoms with E-state index in [0.29, 0.717) is 21.9 Å². The van der Waals surface area contributed by atoms with Gasteiger partial charge in [0, 0.05) is 23.8 Å². The third-order valence-corrected chi connectivity index (χ3v) is 4.96. The van der Waals surface area contributed by atoms with E-state index < -0.39 is 11.9 Å². The number of halogens is 1. The van der Waals surface area contributed by atoms with Crippen LogP contribution in [0.25, 0.3) is 0 Å². The van der Waals surface area contributed by atoms with E-state index in [9.17, 15) is 9.59 Å². The molecule has 0 aliphatic carbocycles. The number of hydrogen-bond acceptors (Lipinski definition) is 5. The lowest BCUT2D eigenvalue weighted by Crippen LogP contribution is -2.34. The molecule has 0 amide bonds. The zero-order valence-electron chi connectivity index (χ0n) is 15.4. The van der Waals surface area contributed by atoms with Gasteiger partial charge in [-0.15, -0.1) is 0 Å². The maximum Gasteiger partial charge on any atom is 0.340 e. The lowest BCUT2D eigenvalue weighted by molar-refractivity contribution is -0.136. The minimum absolute atomic E-state index is 0.0648. The van der Waals surface area contributed by atoms with Gasteiger partial charge in [-0.05, 0) is 24.1 Å². The Morgan fingerprint density at radius 1 is 1.33 bits per heavy atom. The molecule has 2 N–H and O–H groups in total. The number of carbonyl (C=O) groups excluding carboxylic acids is 1. The van der Waals surface area contributed by atoms with E-state index in [1.54, 1.807) is 35.9 Å². The number of methoxy groups -OCH3 is 1. The summed E-state index contributed by atoms with van der Waals surface area (Å²) in [7, 11) is 2.98. The topological polar surface area (TPSA) is 83.5 Å². The van der Waals surface area contributed by atoms with Crippen LogP contribution < -0.4 is 16.0 Å². The van der Waals surface area contributed by atoms with E-state index in [-0.39, 0.29) is 17.0 Å². The lowest BCUT2D eigenvalue weighted by atomic mass is 9.83. The van der Waals surface area contributed by atoms with Gasteiger partial charge in [0.15, 0.2) is 0 Å². The van der Waals surface area contributed by atoms with Crippen LogP contribution in [0, 0.1) is 0 Å². The molecule has 0 bridgehead atoms. The van der Waals surface area contributed by atoms with Crippen LogP contribution in [0.5, 0.6) is 5.75 Å². The third-order valence-electron chi connectivity index (χ3n) is 4.71. The second kappa shape index (κ2) is 7.48. The van der Waals surface area contributed by atoms with Gasteiger partial charge in [0.1, 0.15) is 11.3 Å². The molecule has 3 rings (SSSR count). The molecule has 27 heavy (non-hydrogen) atoms. The second-order valence-electron chi connectivity index (χ2n) is 6.38. The number of pyridine rings is 1. The van der Waals surface area contributed by atoms with Crippen LogP contribution >= 0.6 is 11.6 Å².